The van der Waals surface area contributed by atoms with Gasteiger partial charge in [0.25, 0.3) is 0 Å². The van der Waals surface area contributed by atoms with Gasteiger partial charge in [0, 0.05) is 13.6 Å². The fourth-order valence-electron chi connectivity index (χ4n) is 3.22. The van der Waals surface area contributed by atoms with Gasteiger partial charge >= 0.3 is 6.09 Å². The van der Waals surface area contributed by atoms with E-state index < -0.39 is 17.7 Å². The van der Waals surface area contributed by atoms with Crippen molar-refractivity contribution < 1.29 is 14.3 Å². The summed E-state index contributed by atoms with van der Waals surface area (Å²) in [6, 6.07) is 7.36. The highest BCUT2D eigenvalue weighted by molar-refractivity contribution is 5.86. The number of fused-ring (bicyclic) bond motifs is 1. The summed E-state index contributed by atoms with van der Waals surface area (Å²) >= 11 is 0. The highest BCUT2D eigenvalue weighted by Crippen LogP contribution is 2.21. The summed E-state index contributed by atoms with van der Waals surface area (Å²) in [5.41, 5.74) is 1.34. The smallest absolute Gasteiger partial charge is 0.410 e. The molecule has 140 valence electrons. The number of nitrogens with zero attached hydrogens (tertiary/aromatic N) is 3. The first-order valence-corrected chi connectivity index (χ1v) is 8.94. The summed E-state index contributed by atoms with van der Waals surface area (Å²) in [5, 5.41) is 2.92. The number of aromatic nitrogens is 2. The van der Waals surface area contributed by atoms with Gasteiger partial charge in [0.15, 0.2) is 0 Å². The summed E-state index contributed by atoms with van der Waals surface area (Å²) < 4.78 is 7.38. The zero-order valence-electron chi connectivity index (χ0n) is 15.8. The molecule has 0 radical (unpaired) electrons. The Morgan fingerprint density at radius 3 is 2.73 bits per heavy atom. The maximum absolute atomic E-state index is 12.6. The molecule has 1 aromatic heterocycles. The fourth-order valence-corrected chi connectivity index (χ4v) is 3.22. The van der Waals surface area contributed by atoms with Gasteiger partial charge in [-0.05, 0) is 45.7 Å². The van der Waals surface area contributed by atoms with Crippen LogP contribution < -0.4 is 5.32 Å². The number of nitrogens with one attached hydrogen (secondary N) is 1. The predicted molar refractivity (Wildman–Crippen MR) is 98.5 cm³/mol. The van der Waals surface area contributed by atoms with E-state index in [0.29, 0.717) is 19.5 Å². The maximum Gasteiger partial charge on any atom is 0.410 e. The molecular weight excluding hydrogens is 332 g/mol. The Morgan fingerprint density at radius 1 is 1.31 bits per heavy atom. The molecule has 1 aromatic carbocycles. The quantitative estimate of drug-likeness (QED) is 0.915. The van der Waals surface area contributed by atoms with E-state index in [2.05, 4.69) is 10.3 Å². The third-order valence-corrected chi connectivity index (χ3v) is 4.48. The van der Waals surface area contributed by atoms with Crippen LogP contribution in [0.25, 0.3) is 11.0 Å². The minimum Gasteiger partial charge on any atom is -0.444 e. The molecule has 2 aromatic rings. The molecule has 1 aliphatic heterocycles. The lowest BCUT2D eigenvalue weighted by molar-refractivity contribution is -0.125. The van der Waals surface area contributed by atoms with Crippen LogP contribution in [0.3, 0.4) is 0 Å². The molecule has 1 saturated heterocycles. The van der Waals surface area contributed by atoms with Crippen molar-refractivity contribution in [2.24, 2.45) is 7.05 Å². The molecule has 7 heteroatoms. The van der Waals surface area contributed by atoms with Gasteiger partial charge in [-0.15, -0.1) is 0 Å². The first-order chi connectivity index (χ1) is 12.3. The second-order valence-corrected chi connectivity index (χ2v) is 7.63. The van der Waals surface area contributed by atoms with Gasteiger partial charge in [-0.25, -0.2) is 9.78 Å². The monoisotopic (exact) mass is 358 g/mol. The third kappa shape index (κ3) is 3.81. The number of carbonyl (C=O) groups excluding carboxylic acids is 2. The van der Waals surface area contributed by atoms with E-state index in [4.69, 9.17) is 4.74 Å². The van der Waals surface area contributed by atoms with Gasteiger partial charge in [-0.1, -0.05) is 12.1 Å². The topological polar surface area (TPSA) is 76.5 Å². The Morgan fingerprint density at radius 2 is 2.04 bits per heavy atom. The molecule has 2 amide bonds. The van der Waals surface area contributed by atoms with Gasteiger partial charge in [0.2, 0.25) is 5.91 Å². The van der Waals surface area contributed by atoms with Crippen molar-refractivity contribution in [3.05, 3.63) is 30.1 Å². The van der Waals surface area contributed by atoms with Crippen LogP contribution in [0.4, 0.5) is 4.79 Å². The molecule has 7 nitrogen and oxygen atoms in total. The molecule has 1 aliphatic rings. The Balaban J connectivity index is 1.65. The van der Waals surface area contributed by atoms with Crippen molar-refractivity contribution in [1.82, 2.24) is 19.8 Å². The van der Waals surface area contributed by atoms with Gasteiger partial charge in [-0.3, -0.25) is 9.69 Å². The van der Waals surface area contributed by atoms with Crippen molar-refractivity contribution >= 4 is 23.0 Å². The Hall–Kier alpha value is -2.57. The predicted octanol–water partition coefficient (Wildman–Crippen LogP) is 2.59. The van der Waals surface area contributed by atoms with E-state index in [9.17, 15) is 9.59 Å². The van der Waals surface area contributed by atoms with Crippen LogP contribution in [0.5, 0.6) is 0 Å². The maximum atomic E-state index is 12.6. The summed E-state index contributed by atoms with van der Waals surface area (Å²) in [6.07, 6.45) is 1.01. The molecular formula is C19H26N4O3. The third-order valence-electron chi connectivity index (χ3n) is 4.48. The SMILES string of the molecule is Cn1c(CNC(=O)C2CCCN2C(=O)OC(C)(C)C)nc2ccccc21. The highest BCUT2D eigenvalue weighted by atomic mass is 16.6. The number of para-hydroxylation sites is 2. The number of carbonyl (C=O) groups is 2. The van der Waals surface area contributed by atoms with Crippen molar-refractivity contribution in [2.45, 2.75) is 51.8 Å². The molecule has 0 bridgehead atoms. The molecule has 2 heterocycles. The van der Waals surface area contributed by atoms with Crippen LogP contribution >= 0.6 is 0 Å². The Kier molecular flexibility index (Phi) is 4.89. The van der Waals surface area contributed by atoms with E-state index in [1.807, 2.05) is 56.7 Å². The lowest BCUT2D eigenvalue weighted by Crippen LogP contribution is -2.47. The summed E-state index contributed by atoms with van der Waals surface area (Å²) in [4.78, 5) is 31.0. The van der Waals surface area contributed by atoms with Gasteiger partial charge in [0.05, 0.1) is 17.6 Å². The minimum absolute atomic E-state index is 0.166. The minimum atomic E-state index is -0.576. The normalized spacial score (nSPS) is 17.5. The number of hydrogen-bond acceptors (Lipinski definition) is 4. The highest BCUT2D eigenvalue weighted by Gasteiger charge is 2.36. The largest absolute Gasteiger partial charge is 0.444 e. The number of amides is 2. The van der Waals surface area contributed by atoms with E-state index in [-0.39, 0.29) is 5.91 Å². The van der Waals surface area contributed by atoms with E-state index in [1.54, 1.807) is 0 Å². The molecule has 0 spiro atoms. The van der Waals surface area contributed by atoms with Crippen molar-refractivity contribution in [3.8, 4) is 0 Å². The first-order valence-electron chi connectivity index (χ1n) is 8.94. The fraction of sp³-hybridized carbons (Fsp3) is 0.526. The van der Waals surface area contributed by atoms with Crippen LogP contribution in [0.1, 0.15) is 39.4 Å². The Labute approximate surface area is 153 Å². The van der Waals surface area contributed by atoms with Crippen LogP contribution in [-0.4, -0.2) is 44.6 Å². The van der Waals surface area contributed by atoms with E-state index >= 15 is 0 Å². The molecule has 1 N–H and O–H groups in total. The van der Waals surface area contributed by atoms with Crippen LogP contribution in [0, 0.1) is 0 Å². The van der Waals surface area contributed by atoms with Gasteiger partial charge in [0.1, 0.15) is 17.5 Å². The van der Waals surface area contributed by atoms with Crippen LogP contribution in [0.15, 0.2) is 24.3 Å². The zero-order valence-corrected chi connectivity index (χ0v) is 15.8. The molecule has 1 fully saturated rings. The standard InChI is InChI=1S/C19H26N4O3/c1-19(2,3)26-18(25)23-11-7-10-15(23)17(24)20-12-16-21-13-8-5-6-9-14(13)22(16)4/h5-6,8-9,15H,7,10-12H2,1-4H3,(H,20,24). The molecule has 26 heavy (non-hydrogen) atoms. The molecule has 0 saturated carbocycles. The van der Waals surface area contributed by atoms with Gasteiger partial charge < -0.3 is 14.6 Å². The van der Waals surface area contributed by atoms with Crippen molar-refractivity contribution in [2.75, 3.05) is 6.54 Å². The van der Waals surface area contributed by atoms with Crippen molar-refractivity contribution in [1.29, 1.82) is 0 Å². The average Bonchev–Trinajstić information content (AvgIpc) is 3.17. The first kappa shape index (κ1) is 18.2. The number of likely N-dealkylation sites (tertiary alicyclic amines) is 1. The number of ether oxygens (including phenoxy) is 1. The lowest BCUT2D eigenvalue weighted by Gasteiger charge is -2.28. The lowest BCUT2D eigenvalue weighted by atomic mass is 10.2. The average molecular weight is 358 g/mol. The van der Waals surface area contributed by atoms with E-state index in [1.165, 1.54) is 4.90 Å². The molecule has 3 rings (SSSR count). The number of benzene rings is 1. The Bertz CT molecular complexity index is 822. The second kappa shape index (κ2) is 6.97. The number of imidazole rings is 1. The van der Waals surface area contributed by atoms with Crippen LogP contribution in [0.2, 0.25) is 0 Å². The summed E-state index contributed by atoms with van der Waals surface area (Å²) in [6.45, 7) is 6.33. The zero-order chi connectivity index (χ0) is 18.9. The van der Waals surface area contributed by atoms with E-state index in [0.717, 1.165) is 23.3 Å². The summed E-state index contributed by atoms with van der Waals surface area (Å²) in [5.74, 6) is 0.613. The molecule has 1 unspecified atom stereocenters. The number of aryl methyl sites for hydroxylation is 1. The van der Waals surface area contributed by atoms with Crippen LogP contribution in [-0.2, 0) is 23.1 Å². The van der Waals surface area contributed by atoms with Gasteiger partial charge in [-0.2, -0.15) is 0 Å². The number of rotatable bonds is 3. The second-order valence-electron chi connectivity index (χ2n) is 7.63. The van der Waals surface area contributed by atoms with Crippen molar-refractivity contribution in [3.63, 3.8) is 0 Å². The summed E-state index contributed by atoms with van der Waals surface area (Å²) in [7, 11) is 1.93. The number of hydrogen-bond donors (Lipinski definition) is 1. The molecule has 0 aliphatic carbocycles. The molecule has 1 atom stereocenters.